The van der Waals surface area contributed by atoms with Gasteiger partial charge in [0, 0.05) is 12.6 Å². The summed E-state index contributed by atoms with van der Waals surface area (Å²) in [6, 6.07) is 0.0437. The minimum absolute atomic E-state index is 0.00574. The second-order valence-corrected chi connectivity index (χ2v) is 3.25. The van der Waals surface area contributed by atoms with E-state index in [0.717, 1.165) is 13.0 Å². The molecule has 2 aliphatic rings. The van der Waals surface area contributed by atoms with Gasteiger partial charge >= 0.3 is 5.97 Å². The molecule has 1 N–H and O–H groups in total. The van der Waals surface area contributed by atoms with Gasteiger partial charge in [0.2, 0.25) is 0 Å². The third-order valence-corrected chi connectivity index (χ3v) is 2.30. The lowest BCUT2D eigenvalue weighted by atomic mass is 10.0. The van der Waals surface area contributed by atoms with Gasteiger partial charge in [0.25, 0.3) is 0 Å². The normalized spacial score (nSPS) is 40.4. The van der Waals surface area contributed by atoms with Gasteiger partial charge in [0.1, 0.15) is 12.1 Å². The Balaban J connectivity index is 2.09. The molecule has 0 aliphatic carbocycles. The van der Waals surface area contributed by atoms with Crippen molar-refractivity contribution in [3.8, 4) is 0 Å². The second kappa shape index (κ2) is 2.86. The van der Waals surface area contributed by atoms with Crippen molar-refractivity contribution in [2.75, 3.05) is 6.54 Å². The summed E-state index contributed by atoms with van der Waals surface area (Å²) in [4.78, 5) is 15.3. The Hall–Kier alpha value is -0.900. The fraction of sp³-hybridized carbons (Fsp3) is 0.750. The number of carbonyl (C=O) groups excluding carboxylic acids is 1. The standard InChI is InChI=1S/C8H12N2O2/c1-5-8(11)12-7-2-3-9-4-6(7)10-5/h3,5-7,10H,2,4H2,1H3. The molecule has 0 bridgehead atoms. The Bertz CT molecular complexity index is 227. The molecular formula is C8H12N2O2. The van der Waals surface area contributed by atoms with Crippen LogP contribution in [0.2, 0.25) is 0 Å². The van der Waals surface area contributed by atoms with E-state index in [9.17, 15) is 4.79 Å². The van der Waals surface area contributed by atoms with Gasteiger partial charge in [-0.3, -0.25) is 15.1 Å². The molecule has 1 saturated heterocycles. The molecule has 4 nitrogen and oxygen atoms in total. The van der Waals surface area contributed by atoms with Crippen LogP contribution in [0.15, 0.2) is 4.99 Å². The molecular weight excluding hydrogens is 156 g/mol. The highest BCUT2D eigenvalue weighted by Crippen LogP contribution is 2.15. The molecule has 0 amide bonds. The van der Waals surface area contributed by atoms with Crippen LogP contribution in [0.3, 0.4) is 0 Å². The maximum absolute atomic E-state index is 11.1. The first-order chi connectivity index (χ1) is 5.77. The number of ether oxygens (including phenoxy) is 1. The van der Waals surface area contributed by atoms with E-state index in [1.54, 1.807) is 0 Å². The van der Waals surface area contributed by atoms with Crippen LogP contribution in [-0.4, -0.2) is 36.9 Å². The average Bonchev–Trinajstić information content (AvgIpc) is 2.07. The summed E-state index contributed by atoms with van der Waals surface area (Å²) in [5.74, 6) is -0.147. The van der Waals surface area contributed by atoms with Gasteiger partial charge < -0.3 is 4.74 Å². The van der Waals surface area contributed by atoms with Crippen molar-refractivity contribution in [1.29, 1.82) is 0 Å². The summed E-state index contributed by atoms with van der Waals surface area (Å²) in [5.41, 5.74) is 0. The summed E-state index contributed by atoms with van der Waals surface area (Å²) < 4.78 is 5.21. The number of rotatable bonds is 0. The number of carbonyl (C=O) groups is 1. The number of nitrogens with zero attached hydrogens (tertiary/aromatic N) is 1. The summed E-state index contributed by atoms with van der Waals surface area (Å²) in [7, 11) is 0. The first-order valence-electron chi connectivity index (χ1n) is 4.22. The number of aliphatic imine (C=N–C) groups is 1. The van der Waals surface area contributed by atoms with Gasteiger partial charge in [-0.1, -0.05) is 0 Å². The second-order valence-electron chi connectivity index (χ2n) is 3.25. The van der Waals surface area contributed by atoms with Gasteiger partial charge in [-0.05, 0) is 6.92 Å². The van der Waals surface area contributed by atoms with Crippen molar-refractivity contribution in [2.24, 2.45) is 4.99 Å². The van der Waals surface area contributed by atoms with Crippen molar-refractivity contribution in [3.05, 3.63) is 0 Å². The zero-order chi connectivity index (χ0) is 8.55. The van der Waals surface area contributed by atoms with Crippen LogP contribution in [0.25, 0.3) is 0 Å². The van der Waals surface area contributed by atoms with Crippen LogP contribution in [0.5, 0.6) is 0 Å². The minimum Gasteiger partial charge on any atom is -0.459 e. The topological polar surface area (TPSA) is 50.7 Å². The maximum Gasteiger partial charge on any atom is 0.323 e. The van der Waals surface area contributed by atoms with E-state index >= 15 is 0 Å². The van der Waals surface area contributed by atoms with Crippen molar-refractivity contribution in [3.63, 3.8) is 0 Å². The fourth-order valence-electron chi connectivity index (χ4n) is 1.58. The summed E-state index contributed by atoms with van der Waals surface area (Å²) in [6.07, 6.45) is 2.58. The highest BCUT2D eigenvalue weighted by molar-refractivity contribution is 5.77. The number of hydrogen-bond acceptors (Lipinski definition) is 4. The molecule has 66 valence electrons. The Labute approximate surface area is 71.0 Å². The first kappa shape index (κ1) is 7.73. The van der Waals surface area contributed by atoms with Gasteiger partial charge in [-0.2, -0.15) is 0 Å². The molecule has 0 aromatic rings. The molecule has 0 saturated carbocycles. The van der Waals surface area contributed by atoms with E-state index < -0.39 is 0 Å². The lowest BCUT2D eigenvalue weighted by Gasteiger charge is -2.35. The molecule has 4 heteroatoms. The van der Waals surface area contributed by atoms with Crippen molar-refractivity contribution >= 4 is 12.2 Å². The largest absolute Gasteiger partial charge is 0.459 e. The van der Waals surface area contributed by atoms with Gasteiger partial charge in [-0.15, -0.1) is 0 Å². The van der Waals surface area contributed by atoms with E-state index in [1.165, 1.54) is 0 Å². The maximum atomic E-state index is 11.1. The van der Waals surface area contributed by atoms with Gasteiger partial charge in [-0.25, -0.2) is 0 Å². The van der Waals surface area contributed by atoms with Crippen molar-refractivity contribution < 1.29 is 9.53 Å². The lowest BCUT2D eigenvalue weighted by molar-refractivity contribution is -0.158. The van der Waals surface area contributed by atoms with E-state index in [4.69, 9.17) is 4.74 Å². The molecule has 0 spiro atoms. The highest BCUT2D eigenvalue weighted by atomic mass is 16.5. The Kier molecular flexibility index (Phi) is 1.84. The number of morpholine rings is 1. The first-order valence-corrected chi connectivity index (χ1v) is 4.22. The molecule has 0 aromatic carbocycles. The van der Waals surface area contributed by atoms with Gasteiger partial charge in [0.05, 0.1) is 12.6 Å². The molecule has 12 heavy (non-hydrogen) atoms. The zero-order valence-electron chi connectivity index (χ0n) is 6.99. The predicted molar refractivity (Wildman–Crippen MR) is 44.2 cm³/mol. The number of fused-ring (bicyclic) bond motifs is 1. The van der Waals surface area contributed by atoms with Crippen LogP contribution < -0.4 is 5.32 Å². The highest BCUT2D eigenvalue weighted by Gasteiger charge is 2.35. The molecule has 0 radical (unpaired) electrons. The molecule has 3 unspecified atom stereocenters. The van der Waals surface area contributed by atoms with Crippen LogP contribution in [0.4, 0.5) is 0 Å². The van der Waals surface area contributed by atoms with Crippen molar-refractivity contribution in [1.82, 2.24) is 5.32 Å². The Morgan fingerprint density at radius 1 is 1.75 bits per heavy atom. The molecule has 0 aromatic heterocycles. The molecule has 1 fully saturated rings. The molecule has 2 rings (SSSR count). The monoisotopic (exact) mass is 168 g/mol. The minimum atomic E-state index is -0.181. The quantitative estimate of drug-likeness (QED) is 0.507. The van der Waals surface area contributed by atoms with Crippen LogP contribution in [-0.2, 0) is 9.53 Å². The fourth-order valence-corrected chi connectivity index (χ4v) is 1.58. The lowest BCUT2D eigenvalue weighted by Crippen LogP contribution is -2.58. The SMILES string of the molecule is CC1NC2CN=CCC2OC1=O. The molecule has 2 heterocycles. The smallest absolute Gasteiger partial charge is 0.323 e. The van der Waals surface area contributed by atoms with E-state index in [-0.39, 0.29) is 24.2 Å². The zero-order valence-corrected chi connectivity index (χ0v) is 6.99. The van der Waals surface area contributed by atoms with Crippen LogP contribution in [0, 0.1) is 0 Å². The van der Waals surface area contributed by atoms with E-state index in [1.807, 2.05) is 13.1 Å². The van der Waals surface area contributed by atoms with E-state index in [2.05, 4.69) is 10.3 Å². The average molecular weight is 168 g/mol. The van der Waals surface area contributed by atoms with E-state index in [0.29, 0.717) is 0 Å². The predicted octanol–water partition coefficient (Wildman–Crippen LogP) is -0.267. The third-order valence-electron chi connectivity index (χ3n) is 2.30. The molecule has 3 atom stereocenters. The Morgan fingerprint density at radius 3 is 3.42 bits per heavy atom. The van der Waals surface area contributed by atoms with Crippen LogP contribution >= 0.6 is 0 Å². The summed E-state index contributed by atoms with van der Waals surface area (Å²) in [5, 5.41) is 3.18. The number of esters is 1. The summed E-state index contributed by atoms with van der Waals surface area (Å²) >= 11 is 0. The number of hydrogen-bond donors (Lipinski definition) is 1. The summed E-state index contributed by atoms with van der Waals surface area (Å²) in [6.45, 7) is 2.54. The van der Waals surface area contributed by atoms with Gasteiger partial charge in [0.15, 0.2) is 0 Å². The Morgan fingerprint density at radius 2 is 2.58 bits per heavy atom. The third kappa shape index (κ3) is 1.22. The number of nitrogens with one attached hydrogen (secondary N) is 1. The molecule has 2 aliphatic heterocycles. The van der Waals surface area contributed by atoms with Crippen LogP contribution in [0.1, 0.15) is 13.3 Å². The van der Waals surface area contributed by atoms with Crippen molar-refractivity contribution in [2.45, 2.75) is 31.5 Å².